The average molecular weight is 564 g/mol. The molecule has 9 heteroatoms. The third kappa shape index (κ3) is 5.32. The molecular weight excluding hydrogens is 529 g/mol. The molecule has 0 aromatic heterocycles. The molecule has 7 nitrogen and oxygen atoms in total. The van der Waals surface area contributed by atoms with Crippen molar-refractivity contribution >= 4 is 21.8 Å². The summed E-state index contributed by atoms with van der Waals surface area (Å²) in [5, 5.41) is 0. The van der Waals surface area contributed by atoms with Crippen LogP contribution in [0.15, 0.2) is 83.8 Å². The maximum Gasteiger partial charge on any atom is 0.410 e. The van der Waals surface area contributed by atoms with Gasteiger partial charge in [-0.05, 0) is 60.9 Å². The molecule has 3 aromatic carbocycles. The van der Waals surface area contributed by atoms with Crippen LogP contribution in [0.5, 0.6) is 0 Å². The quantitative estimate of drug-likeness (QED) is 0.403. The molecule has 0 radical (unpaired) electrons. The molecule has 3 aliphatic rings. The van der Waals surface area contributed by atoms with Crippen molar-refractivity contribution in [3.05, 3.63) is 95.8 Å². The summed E-state index contributed by atoms with van der Waals surface area (Å²) < 4.78 is 49.5. The maximum atomic E-state index is 15.2. The van der Waals surface area contributed by atoms with Crippen molar-refractivity contribution in [1.29, 1.82) is 0 Å². The van der Waals surface area contributed by atoms with Crippen LogP contribution in [-0.4, -0.2) is 62.0 Å². The van der Waals surface area contributed by atoms with E-state index in [1.54, 1.807) is 4.90 Å². The molecule has 3 saturated heterocycles. The van der Waals surface area contributed by atoms with Gasteiger partial charge in [0.15, 0.2) is 0 Å². The molecule has 3 aliphatic heterocycles. The molecule has 0 spiro atoms. The van der Waals surface area contributed by atoms with Crippen molar-refractivity contribution in [2.24, 2.45) is 0 Å². The molecule has 3 fully saturated rings. The fraction of sp³-hybridized carbons (Fsp3) is 0.387. The standard InChI is InChI=1S/C31H34FN3O4S/c32-29-14-13-28(40(37,38)34-17-15-25(16-18-34)24-9-5-2-6-10-24)19-30(29)35-26-11-12-27(35)21-33(20-26)31(36)39-22-23-7-3-1-4-8-23/h1-10,13-14,19,25-27H,11-12,15-18,20-22H2. The number of hydrogen-bond donors (Lipinski definition) is 0. The van der Waals surface area contributed by atoms with Crippen LogP contribution in [0.25, 0.3) is 0 Å². The van der Waals surface area contributed by atoms with Crippen molar-refractivity contribution in [2.75, 3.05) is 31.1 Å². The number of rotatable bonds is 6. The fourth-order valence-electron chi connectivity index (χ4n) is 6.41. The van der Waals surface area contributed by atoms with Crippen LogP contribution in [0.3, 0.4) is 0 Å². The highest BCUT2D eigenvalue weighted by Crippen LogP contribution is 2.38. The van der Waals surface area contributed by atoms with Crippen LogP contribution in [0.4, 0.5) is 14.9 Å². The highest BCUT2D eigenvalue weighted by atomic mass is 32.2. The Hall–Kier alpha value is -3.43. The minimum Gasteiger partial charge on any atom is -0.445 e. The number of anilines is 1. The lowest BCUT2D eigenvalue weighted by molar-refractivity contribution is 0.0880. The number of amides is 1. The molecule has 0 saturated carbocycles. The molecule has 6 rings (SSSR count). The lowest BCUT2D eigenvalue weighted by Crippen LogP contribution is -2.55. The van der Waals surface area contributed by atoms with Gasteiger partial charge in [0.05, 0.1) is 10.6 Å². The molecule has 210 valence electrons. The Morgan fingerprint density at radius 1 is 0.850 bits per heavy atom. The minimum atomic E-state index is -3.76. The molecule has 2 atom stereocenters. The number of likely N-dealkylation sites (tertiary alicyclic amines) is 1. The average Bonchev–Trinajstić information content (AvgIpc) is 3.25. The van der Waals surface area contributed by atoms with E-state index >= 15 is 4.39 Å². The number of piperidine rings is 1. The van der Waals surface area contributed by atoms with Gasteiger partial charge in [-0.2, -0.15) is 4.31 Å². The van der Waals surface area contributed by atoms with E-state index in [1.165, 1.54) is 28.1 Å². The second-order valence-corrected chi connectivity index (χ2v) is 12.9. The normalized spacial score (nSPS) is 21.9. The second kappa shape index (κ2) is 11.2. The molecular formula is C31H34FN3O4S. The Kier molecular flexibility index (Phi) is 7.51. The van der Waals surface area contributed by atoms with Gasteiger partial charge in [-0.15, -0.1) is 0 Å². The van der Waals surface area contributed by atoms with Crippen LogP contribution < -0.4 is 4.90 Å². The summed E-state index contributed by atoms with van der Waals surface area (Å²) in [7, 11) is -3.76. The lowest BCUT2D eigenvalue weighted by atomic mass is 9.90. The molecule has 2 bridgehead atoms. The molecule has 40 heavy (non-hydrogen) atoms. The monoisotopic (exact) mass is 563 g/mol. The third-order valence-corrected chi connectivity index (χ3v) is 10.4. The first-order valence-corrected chi connectivity index (χ1v) is 15.4. The van der Waals surface area contributed by atoms with E-state index in [2.05, 4.69) is 12.1 Å². The fourth-order valence-corrected chi connectivity index (χ4v) is 7.90. The van der Waals surface area contributed by atoms with Crippen LogP contribution in [-0.2, 0) is 21.4 Å². The predicted molar refractivity (Wildman–Crippen MR) is 151 cm³/mol. The Morgan fingerprint density at radius 2 is 1.48 bits per heavy atom. The van der Waals surface area contributed by atoms with Gasteiger partial charge >= 0.3 is 6.09 Å². The van der Waals surface area contributed by atoms with Crippen molar-refractivity contribution in [3.63, 3.8) is 0 Å². The number of sulfonamides is 1. The topological polar surface area (TPSA) is 70.2 Å². The number of carbonyl (C=O) groups excluding carboxylic acids is 1. The van der Waals surface area contributed by atoms with Gasteiger partial charge < -0.3 is 14.5 Å². The highest BCUT2D eigenvalue weighted by molar-refractivity contribution is 7.89. The number of fused-ring (bicyclic) bond motifs is 2. The first kappa shape index (κ1) is 26.8. The van der Waals surface area contributed by atoms with E-state index < -0.39 is 15.8 Å². The second-order valence-electron chi connectivity index (χ2n) is 10.9. The van der Waals surface area contributed by atoms with E-state index in [4.69, 9.17) is 4.74 Å². The summed E-state index contributed by atoms with van der Waals surface area (Å²) in [6.45, 7) is 1.89. The zero-order valence-corrected chi connectivity index (χ0v) is 23.2. The van der Waals surface area contributed by atoms with Gasteiger partial charge in [0, 0.05) is 38.3 Å². The summed E-state index contributed by atoms with van der Waals surface area (Å²) in [5.74, 6) is -0.110. The van der Waals surface area contributed by atoms with E-state index in [-0.39, 0.29) is 29.7 Å². The van der Waals surface area contributed by atoms with Gasteiger partial charge in [0.2, 0.25) is 10.0 Å². The lowest BCUT2D eigenvalue weighted by Gasteiger charge is -2.42. The van der Waals surface area contributed by atoms with Gasteiger partial charge in [0.25, 0.3) is 0 Å². The molecule has 1 amide bonds. The summed E-state index contributed by atoms with van der Waals surface area (Å²) in [5.41, 5.74) is 2.45. The molecule has 0 aliphatic carbocycles. The van der Waals surface area contributed by atoms with Crippen molar-refractivity contribution in [3.8, 4) is 0 Å². The first-order valence-electron chi connectivity index (χ1n) is 14.0. The number of carbonyl (C=O) groups is 1. The number of nitrogens with zero attached hydrogens (tertiary/aromatic N) is 3. The molecule has 2 unspecified atom stereocenters. The number of piperazine rings is 1. The number of benzene rings is 3. The van der Waals surface area contributed by atoms with Crippen LogP contribution in [0.1, 0.15) is 42.7 Å². The van der Waals surface area contributed by atoms with Gasteiger partial charge in [-0.25, -0.2) is 17.6 Å². The summed E-state index contributed by atoms with van der Waals surface area (Å²) in [4.78, 5) is 16.6. The first-order chi connectivity index (χ1) is 19.4. The molecule has 3 aromatic rings. The van der Waals surface area contributed by atoms with Gasteiger partial charge in [-0.1, -0.05) is 60.7 Å². The van der Waals surface area contributed by atoms with E-state index in [0.29, 0.717) is 37.8 Å². The number of hydrogen-bond acceptors (Lipinski definition) is 5. The van der Waals surface area contributed by atoms with Gasteiger partial charge in [0.1, 0.15) is 12.4 Å². The summed E-state index contributed by atoms with van der Waals surface area (Å²) in [6.07, 6.45) is 2.73. The SMILES string of the molecule is O=C(OCc1ccccc1)N1CC2CCC(C1)N2c1cc(S(=O)(=O)N2CCC(c3ccccc3)CC2)ccc1F. The van der Waals surface area contributed by atoms with E-state index in [9.17, 15) is 13.2 Å². The van der Waals surface area contributed by atoms with Crippen molar-refractivity contribution in [1.82, 2.24) is 9.21 Å². The Morgan fingerprint density at radius 3 is 2.12 bits per heavy atom. The van der Waals surface area contributed by atoms with Crippen LogP contribution >= 0.6 is 0 Å². The number of ether oxygens (including phenoxy) is 1. The largest absolute Gasteiger partial charge is 0.445 e. The van der Waals surface area contributed by atoms with E-state index in [1.807, 2.05) is 53.4 Å². The molecule has 0 N–H and O–H groups in total. The van der Waals surface area contributed by atoms with Crippen molar-refractivity contribution < 1.29 is 22.3 Å². The Balaban J connectivity index is 1.14. The number of halogens is 1. The zero-order valence-electron chi connectivity index (χ0n) is 22.4. The summed E-state index contributed by atoms with van der Waals surface area (Å²) >= 11 is 0. The Bertz CT molecular complexity index is 1430. The predicted octanol–water partition coefficient (Wildman–Crippen LogP) is 5.38. The summed E-state index contributed by atoms with van der Waals surface area (Å²) in [6, 6.07) is 23.7. The van der Waals surface area contributed by atoms with E-state index in [0.717, 1.165) is 31.2 Å². The minimum absolute atomic E-state index is 0.0999. The Labute approximate surface area is 235 Å². The smallest absolute Gasteiger partial charge is 0.410 e. The maximum absolute atomic E-state index is 15.2. The highest BCUT2D eigenvalue weighted by Gasteiger charge is 2.43. The van der Waals surface area contributed by atoms with Crippen molar-refractivity contribution in [2.45, 2.75) is 55.2 Å². The van der Waals surface area contributed by atoms with Gasteiger partial charge in [-0.3, -0.25) is 0 Å². The van der Waals surface area contributed by atoms with Crippen LogP contribution in [0, 0.1) is 5.82 Å². The molecule has 3 heterocycles. The van der Waals surface area contributed by atoms with Crippen LogP contribution in [0.2, 0.25) is 0 Å². The zero-order chi connectivity index (χ0) is 27.7. The third-order valence-electron chi connectivity index (χ3n) is 8.50.